The van der Waals surface area contributed by atoms with Crippen LogP contribution in [0, 0.1) is 0 Å². The van der Waals surface area contributed by atoms with Crippen molar-refractivity contribution in [3.63, 3.8) is 0 Å². The van der Waals surface area contributed by atoms with Crippen LogP contribution in [0.4, 0.5) is 17.1 Å². The molecule has 104 valence electrons. The summed E-state index contributed by atoms with van der Waals surface area (Å²) >= 11 is 12.2. The van der Waals surface area contributed by atoms with Crippen LogP contribution in [0.5, 0.6) is 0 Å². The molecule has 0 aliphatic carbocycles. The lowest BCUT2D eigenvalue weighted by Crippen LogP contribution is -2.18. The molecule has 0 unspecified atom stereocenters. The first kappa shape index (κ1) is 14.5. The Morgan fingerprint density at radius 2 is 1.80 bits per heavy atom. The third kappa shape index (κ3) is 2.98. The number of carbonyl (C=O) groups excluding carboxylic acids is 1. The monoisotopic (exact) mass is 309 g/mol. The summed E-state index contributed by atoms with van der Waals surface area (Å²) in [5.74, 6) is -0.196. The van der Waals surface area contributed by atoms with Crippen LogP contribution in [-0.4, -0.2) is 13.0 Å². The van der Waals surface area contributed by atoms with E-state index in [1.165, 1.54) is 0 Å². The Bertz CT molecular complexity index is 639. The number of benzene rings is 2. The fourth-order valence-corrected chi connectivity index (χ4v) is 2.19. The van der Waals surface area contributed by atoms with Gasteiger partial charge in [0.25, 0.3) is 5.91 Å². The molecule has 6 heteroatoms. The molecule has 2 rings (SSSR count). The molecule has 0 saturated carbocycles. The van der Waals surface area contributed by atoms with E-state index in [1.54, 1.807) is 43.4 Å². The quantitative estimate of drug-likeness (QED) is 0.758. The molecule has 0 bridgehead atoms. The molecule has 0 radical (unpaired) electrons. The summed E-state index contributed by atoms with van der Waals surface area (Å²) in [6, 6.07) is 10.1. The molecule has 0 aliphatic rings. The molecule has 1 amide bonds. The van der Waals surface area contributed by atoms with Gasteiger partial charge in [-0.15, -0.1) is 0 Å². The minimum absolute atomic E-state index is 0.196. The molecular formula is C14H13Cl2N3O. The van der Waals surface area contributed by atoms with Gasteiger partial charge >= 0.3 is 0 Å². The molecule has 0 spiro atoms. The highest BCUT2D eigenvalue weighted by molar-refractivity contribution is 6.39. The number of anilines is 3. The average molecular weight is 310 g/mol. The first-order chi connectivity index (χ1) is 9.52. The number of halogens is 2. The Hall–Kier alpha value is -1.91. The molecule has 0 atom stereocenters. The summed E-state index contributed by atoms with van der Waals surface area (Å²) in [6.45, 7) is 0. The third-order valence-corrected chi connectivity index (χ3v) is 3.39. The van der Waals surface area contributed by atoms with Crippen molar-refractivity contribution in [1.29, 1.82) is 0 Å². The molecule has 20 heavy (non-hydrogen) atoms. The van der Waals surface area contributed by atoms with Crippen molar-refractivity contribution in [2.75, 3.05) is 18.1 Å². The van der Waals surface area contributed by atoms with E-state index in [0.717, 1.165) is 0 Å². The zero-order valence-corrected chi connectivity index (χ0v) is 12.2. The minimum atomic E-state index is -0.196. The van der Waals surface area contributed by atoms with Crippen LogP contribution in [0.2, 0.25) is 10.0 Å². The first-order valence-corrected chi connectivity index (χ1v) is 6.61. The molecular weight excluding hydrogens is 297 g/mol. The van der Waals surface area contributed by atoms with Crippen LogP contribution in [0.1, 0.15) is 10.4 Å². The van der Waals surface area contributed by atoms with Crippen molar-refractivity contribution in [2.24, 2.45) is 0 Å². The molecule has 2 aromatic rings. The van der Waals surface area contributed by atoms with Crippen LogP contribution in [0.15, 0.2) is 36.4 Å². The van der Waals surface area contributed by atoms with E-state index in [2.05, 4.69) is 10.6 Å². The zero-order valence-electron chi connectivity index (χ0n) is 10.7. The molecule has 0 saturated heterocycles. The third-order valence-electron chi connectivity index (χ3n) is 2.76. The van der Waals surface area contributed by atoms with Gasteiger partial charge in [-0.3, -0.25) is 4.79 Å². The van der Waals surface area contributed by atoms with Gasteiger partial charge in [0.15, 0.2) is 0 Å². The Morgan fingerprint density at radius 1 is 1.15 bits per heavy atom. The number of nitrogens with one attached hydrogen (secondary N) is 2. The highest BCUT2D eigenvalue weighted by atomic mass is 35.5. The fraction of sp³-hybridized carbons (Fsp3) is 0.0714. The number of rotatable bonds is 3. The van der Waals surface area contributed by atoms with Crippen LogP contribution >= 0.6 is 23.2 Å². The van der Waals surface area contributed by atoms with Crippen LogP contribution in [-0.2, 0) is 0 Å². The maximum Gasteiger partial charge on any atom is 0.251 e. The summed E-state index contributed by atoms with van der Waals surface area (Å²) in [5.41, 5.74) is 8.01. The second kappa shape index (κ2) is 6.03. The van der Waals surface area contributed by atoms with E-state index < -0.39 is 0 Å². The molecule has 0 aliphatic heterocycles. The summed E-state index contributed by atoms with van der Waals surface area (Å²) < 4.78 is 0. The van der Waals surface area contributed by atoms with Gasteiger partial charge in [0, 0.05) is 12.6 Å². The van der Waals surface area contributed by atoms with Crippen molar-refractivity contribution < 1.29 is 4.79 Å². The minimum Gasteiger partial charge on any atom is -0.397 e. The van der Waals surface area contributed by atoms with Crippen LogP contribution in [0.25, 0.3) is 0 Å². The molecule has 0 heterocycles. The van der Waals surface area contributed by atoms with E-state index in [9.17, 15) is 4.79 Å². The number of hydrogen-bond donors (Lipinski definition) is 3. The van der Waals surface area contributed by atoms with Crippen molar-refractivity contribution in [2.45, 2.75) is 0 Å². The Kier molecular flexibility index (Phi) is 4.37. The van der Waals surface area contributed by atoms with Crippen LogP contribution < -0.4 is 16.4 Å². The SMILES string of the molecule is CNC(=O)c1ccc(N)c(Nc2c(Cl)cccc2Cl)c1. The van der Waals surface area contributed by atoms with Gasteiger partial charge in [-0.25, -0.2) is 0 Å². The number of para-hydroxylation sites is 1. The summed E-state index contributed by atoms with van der Waals surface area (Å²) in [5, 5.41) is 6.56. The standard InChI is InChI=1S/C14H13Cl2N3O/c1-18-14(20)8-5-6-11(17)12(7-8)19-13-9(15)3-2-4-10(13)16/h2-7,19H,17H2,1H3,(H,18,20). The first-order valence-electron chi connectivity index (χ1n) is 5.85. The number of nitrogens with two attached hydrogens (primary N) is 1. The number of nitrogen functional groups attached to an aromatic ring is 1. The second-order valence-electron chi connectivity index (χ2n) is 4.10. The van der Waals surface area contributed by atoms with E-state index in [-0.39, 0.29) is 5.91 Å². The van der Waals surface area contributed by atoms with Crippen molar-refractivity contribution >= 4 is 46.2 Å². The molecule has 0 aromatic heterocycles. The normalized spacial score (nSPS) is 10.2. The van der Waals surface area contributed by atoms with Gasteiger partial charge in [-0.2, -0.15) is 0 Å². The lowest BCUT2D eigenvalue weighted by atomic mass is 10.1. The number of hydrogen-bond acceptors (Lipinski definition) is 3. The number of carbonyl (C=O) groups is 1. The average Bonchev–Trinajstić information content (AvgIpc) is 2.44. The van der Waals surface area contributed by atoms with E-state index >= 15 is 0 Å². The molecule has 2 aromatic carbocycles. The van der Waals surface area contributed by atoms with E-state index in [4.69, 9.17) is 28.9 Å². The smallest absolute Gasteiger partial charge is 0.251 e. The largest absolute Gasteiger partial charge is 0.397 e. The Morgan fingerprint density at radius 3 is 2.40 bits per heavy atom. The lowest BCUT2D eigenvalue weighted by molar-refractivity contribution is 0.0963. The summed E-state index contributed by atoms with van der Waals surface area (Å²) in [6.07, 6.45) is 0. The Balaban J connectivity index is 2.40. The molecule has 0 fully saturated rings. The maximum atomic E-state index is 11.6. The van der Waals surface area contributed by atoms with Crippen molar-refractivity contribution in [3.05, 3.63) is 52.0 Å². The molecule has 4 N–H and O–H groups in total. The topological polar surface area (TPSA) is 67.2 Å². The van der Waals surface area contributed by atoms with Gasteiger partial charge < -0.3 is 16.4 Å². The van der Waals surface area contributed by atoms with Gasteiger partial charge in [-0.05, 0) is 30.3 Å². The van der Waals surface area contributed by atoms with Crippen molar-refractivity contribution in [1.82, 2.24) is 5.32 Å². The summed E-state index contributed by atoms with van der Waals surface area (Å²) in [7, 11) is 1.57. The number of amides is 1. The predicted molar refractivity (Wildman–Crippen MR) is 84.0 cm³/mol. The van der Waals surface area contributed by atoms with Gasteiger partial charge in [0.05, 0.1) is 27.1 Å². The van der Waals surface area contributed by atoms with Gasteiger partial charge in [0.1, 0.15) is 0 Å². The summed E-state index contributed by atoms with van der Waals surface area (Å²) in [4.78, 5) is 11.6. The Labute approximate surface area is 126 Å². The maximum absolute atomic E-state index is 11.6. The molecule has 4 nitrogen and oxygen atoms in total. The highest BCUT2D eigenvalue weighted by Crippen LogP contribution is 2.34. The van der Waals surface area contributed by atoms with Gasteiger partial charge in [0.2, 0.25) is 0 Å². The van der Waals surface area contributed by atoms with E-state index in [1.807, 2.05) is 0 Å². The highest BCUT2D eigenvalue weighted by Gasteiger charge is 2.10. The zero-order chi connectivity index (χ0) is 14.7. The second-order valence-corrected chi connectivity index (χ2v) is 4.92. The predicted octanol–water partition coefficient (Wildman–Crippen LogP) is 3.68. The van der Waals surface area contributed by atoms with Gasteiger partial charge in [-0.1, -0.05) is 29.3 Å². The lowest BCUT2D eigenvalue weighted by Gasteiger charge is -2.13. The van der Waals surface area contributed by atoms with Crippen molar-refractivity contribution in [3.8, 4) is 0 Å². The fourth-order valence-electron chi connectivity index (χ4n) is 1.70. The van der Waals surface area contributed by atoms with Crippen LogP contribution in [0.3, 0.4) is 0 Å². The van der Waals surface area contributed by atoms with E-state index in [0.29, 0.717) is 32.7 Å².